The number of phenols is 2. The number of hydrogen-bond acceptors (Lipinski definition) is 4. The lowest BCUT2D eigenvalue weighted by molar-refractivity contribution is 0.465. The highest BCUT2D eigenvalue weighted by atomic mass is 32.2. The minimum absolute atomic E-state index is 0.144. The van der Waals surface area contributed by atoms with Gasteiger partial charge in [0, 0.05) is 0 Å². The van der Waals surface area contributed by atoms with Crippen LogP contribution in [0.3, 0.4) is 0 Å². The third kappa shape index (κ3) is 4.64. The van der Waals surface area contributed by atoms with Crippen LogP contribution in [0.25, 0.3) is 0 Å². The predicted octanol–water partition coefficient (Wildman–Crippen LogP) is 5.23. The van der Waals surface area contributed by atoms with E-state index < -0.39 is 9.84 Å². The van der Waals surface area contributed by atoms with Crippen LogP contribution in [0.2, 0.25) is 0 Å². The van der Waals surface area contributed by atoms with Crippen molar-refractivity contribution in [2.75, 3.05) is 0 Å². The van der Waals surface area contributed by atoms with Crippen LogP contribution >= 0.6 is 0 Å². The lowest BCUT2D eigenvalue weighted by Crippen LogP contribution is -2.08. The number of unbranched alkanes of at least 4 members (excludes halogenated alkanes) is 2. The molecule has 4 nitrogen and oxygen atoms in total. The van der Waals surface area contributed by atoms with E-state index >= 15 is 0 Å². The van der Waals surface area contributed by atoms with Crippen molar-refractivity contribution in [3.63, 3.8) is 0 Å². The summed E-state index contributed by atoms with van der Waals surface area (Å²) in [6.07, 6.45) is 4.98. The molecule has 0 fully saturated rings. The van der Waals surface area contributed by atoms with E-state index in [1.54, 1.807) is 26.0 Å². The second kappa shape index (κ2) is 8.79. The molecular weight excluding hydrogens is 360 g/mol. The summed E-state index contributed by atoms with van der Waals surface area (Å²) in [5, 5.41) is 20.4. The summed E-state index contributed by atoms with van der Waals surface area (Å²) in [6.45, 7) is 7.51. The molecule has 0 aliphatic carbocycles. The van der Waals surface area contributed by atoms with Crippen LogP contribution in [0.1, 0.15) is 61.8 Å². The van der Waals surface area contributed by atoms with E-state index in [-0.39, 0.29) is 21.3 Å². The van der Waals surface area contributed by atoms with Gasteiger partial charge in [0.1, 0.15) is 11.5 Å². The summed E-state index contributed by atoms with van der Waals surface area (Å²) in [4.78, 5) is 0.447. The monoisotopic (exact) mass is 390 g/mol. The first-order chi connectivity index (χ1) is 12.7. The molecule has 0 saturated carbocycles. The number of sulfone groups is 1. The number of rotatable bonds is 8. The average molecular weight is 391 g/mol. The highest BCUT2D eigenvalue weighted by molar-refractivity contribution is 7.91. The summed E-state index contributed by atoms with van der Waals surface area (Å²) < 4.78 is 26.8. The molecule has 0 atom stereocenters. The topological polar surface area (TPSA) is 74.6 Å². The number of aryl methyl sites for hydroxylation is 4. The van der Waals surface area contributed by atoms with Crippen LogP contribution < -0.4 is 0 Å². The zero-order valence-electron chi connectivity index (χ0n) is 16.7. The van der Waals surface area contributed by atoms with Crippen LogP contribution in [0.5, 0.6) is 11.5 Å². The summed E-state index contributed by atoms with van der Waals surface area (Å²) >= 11 is 0. The molecule has 0 bridgehead atoms. The maximum absolute atomic E-state index is 13.4. The van der Waals surface area contributed by atoms with Crippen LogP contribution in [0, 0.1) is 13.8 Å². The third-order valence-corrected chi connectivity index (χ3v) is 6.97. The lowest BCUT2D eigenvalue weighted by atomic mass is 10.1. The molecule has 0 aliphatic heterocycles. The van der Waals surface area contributed by atoms with Crippen LogP contribution in [0.4, 0.5) is 0 Å². The highest BCUT2D eigenvalue weighted by Gasteiger charge is 2.25. The molecular formula is C22H30O4S. The normalized spacial score (nSPS) is 11.7. The lowest BCUT2D eigenvalue weighted by Gasteiger charge is -2.15. The molecule has 0 amide bonds. The van der Waals surface area contributed by atoms with Gasteiger partial charge in [0.05, 0.1) is 9.79 Å². The first-order valence-corrected chi connectivity index (χ1v) is 11.1. The van der Waals surface area contributed by atoms with E-state index in [2.05, 4.69) is 13.8 Å². The van der Waals surface area contributed by atoms with Crippen LogP contribution in [0.15, 0.2) is 34.1 Å². The Labute approximate surface area is 162 Å². The van der Waals surface area contributed by atoms with Crippen molar-refractivity contribution >= 4 is 9.84 Å². The Bertz CT molecular complexity index is 845. The minimum atomic E-state index is -3.75. The predicted molar refractivity (Wildman–Crippen MR) is 108 cm³/mol. The van der Waals surface area contributed by atoms with Gasteiger partial charge in [-0.15, -0.1) is 0 Å². The minimum Gasteiger partial charge on any atom is -0.508 e. The molecule has 27 heavy (non-hydrogen) atoms. The first-order valence-electron chi connectivity index (χ1n) is 9.62. The van der Waals surface area contributed by atoms with Crippen molar-refractivity contribution in [2.45, 2.75) is 76.0 Å². The van der Waals surface area contributed by atoms with E-state index in [0.29, 0.717) is 35.1 Å². The van der Waals surface area contributed by atoms with E-state index in [0.717, 1.165) is 25.7 Å². The van der Waals surface area contributed by atoms with Crippen molar-refractivity contribution in [3.8, 4) is 11.5 Å². The van der Waals surface area contributed by atoms with E-state index in [1.807, 2.05) is 0 Å². The quantitative estimate of drug-likeness (QED) is 0.647. The molecule has 2 N–H and O–H groups in total. The van der Waals surface area contributed by atoms with Crippen molar-refractivity contribution in [1.29, 1.82) is 0 Å². The van der Waals surface area contributed by atoms with Gasteiger partial charge >= 0.3 is 0 Å². The molecule has 0 spiro atoms. The molecule has 2 aromatic rings. The SMILES string of the molecule is CCCCc1cc(S(=O)(=O)c2cc(CCCC)c(O)cc2C)c(C)cc1O. The molecule has 148 valence electrons. The fourth-order valence-corrected chi connectivity index (χ4v) is 5.06. The highest BCUT2D eigenvalue weighted by Crippen LogP contribution is 2.34. The molecule has 5 heteroatoms. The van der Waals surface area contributed by atoms with Crippen molar-refractivity contribution < 1.29 is 18.6 Å². The van der Waals surface area contributed by atoms with Crippen molar-refractivity contribution in [3.05, 3.63) is 46.5 Å². The Kier molecular flexibility index (Phi) is 6.93. The number of benzene rings is 2. The maximum atomic E-state index is 13.4. The van der Waals surface area contributed by atoms with Crippen molar-refractivity contribution in [1.82, 2.24) is 0 Å². The van der Waals surface area contributed by atoms with Gasteiger partial charge in [0.15, 0.2) is 0 Å². The molecule has 2 rings (SSSR count). The Balaban J connectivity index is 2.58. The zero-order valence-corrected chi connectivity index (χ0v) is 17.5. The molecule has 0 heterocycles. The second-order valence-corrected chi connectivity index (χ2v) is 9.09. The van der Waals surface area contributed by atoms with Gasteiger partial charge in [-0.25, -0.2) is 8.42 Å². The summed E-state index contributed by atoms with van der Waals surface area (Å²) in [5.74, 6) is 0.289. The Hall–Kier alpha value is -2.01. The Morgan fingerprint density at radius 1 is 0.741 bits per heavy atom. The van der Waals surface area contributed by atoms with E-state index in [9.17, 15) is 18.6 Å². The van der Waals surface area contributed by atoms with Gasteiger partial charge in [0.2, 0.25) is 9.84 Å². The summed E-state index contributed by atoms with van der Waals surface area (Å²) in [6, 6.07) is 6.28. The Morgan fingerprint density at radius 2 is 1.11 bits per heavy atom. The Morgan fingerprint density at radius 3 is 1.44 bits per heavy atom. The maximum Gasteiger partial charge on any atom is 0.207 e. The van der Waals surface area contributed by atoms with Gasteiger partial charge in [-0.05, 0) is 86.1 Å². The van der Waals surface area contributed by atoms with Gasteiger partial charge in [-0.3, -0.25) is 0 Å². The van der Waals surface area contributed by atoms with Gasteiger partial charge in [-0.1, -0.05) is 26.7 Å². The summed E-state index contributed by atoms with van der Waals surface area (Å²) in [7, 11) is -3.75. The standard InChI is InChI=1S/C22H30O4S/c1-5-7-9-17-13-21(15(3)11-19(17)23)27(25,26)22-14-18(10-8-6-2)20(24)12-16(22)4/h11-14,23-24H,5-10H2,1-4H3. The van der Waals surface area contributed by atoms with Crippen LogP contribution in [-0.2, 0) is 22.7 Å². The second-order valence-electron chi connectivity index (χ2n) is 7.20. The number of aromatic hydroxyl groups is 2. The number of phenolic OH excluding ortho intramolecular Hbond substituents is 2. The van der Waals surface area contributed by atoms with Crippen LogP contribution in [-0.4, -0.2) is 18.6 Å². The fraction of sp³-hybridized carbons (Fsp3) is 0.455. The molecule has 0 saturated heterocycles. The fourth-order valence-electron chi connectivity index (χ4n) is 3.26. The molecule has 0 aromatic heterocycles. The smallest absolute Gasteiger partial charge is 0.207 e. The van der Waals surface area contributed by atoms with E-state index in [4.69, 9.17) is 0 Å². The average Bonchev–Trinajstić information content (AvgIpc) is 2.59. The molecule has 0 unspecified atom stereocenters. The van der Waals surface area contributed by atoms with Gasteiger partial charge in [-0.2, -0.15) is 0 Å². The van der Waals surface area contributed by atoms with E-state index in [1.165, 1.54) is 12.1 Å². The third-order valence-electron chi connectivity index (χ3n) is 4.93. The molecule has 2 aromatic carbocycles. The molecule has 0 radical (unpaired) electrons. The number of hydrogen-bond donors (Lipinski definition) is 2. The largest absolute Gasteiger partial charge is 0.508 e. The molecule has 0 aliphatic rings. The zero-order chi connectivity index (χ0) is 20.2. The van der Waals surface area contributed by atoms with Crippen molar-refractivity contribution in [2.24, 2.45) is 0 Å². The summed E-state index contributed by atoms with van der Waals surface area (Å²) in [5.41, 5.74) is 2.36. The van der Waals surface area contributed by atoms with Gasteiger partial charge in [0.25, 0.3) is 0 Å². The first kappa shape index (κ1) is 21.3. The van der Waals surface area contributed by atoms with Gasteiger partial charge < -0.3 is 10.2 Å².